The quantitative estimate of drug-likeness (QED) is 0.133. The average Bonchev–Trinajstić information content (AvgIpc) is 1.57. The van der Waals surface area contributed by atoms with Crippen LogP contribution in [-0.2, 0) is 5.41 Å². The maximum absolute atomic E-state index is 15.9. The number of anilines is 2. The van der Waals surface area contributed by atoms with Crippen molar-refractivity contribution >= 4 is 11.4 Å². The molecule has 0 bridgehead atoms. The SMILES string of the molecule is C=CC1=CC=C(C2(C3=CC(C)CC=C3C)c3ccccc3-c3ccc(N(c4ccc5c(c4)OC4CC(N(C6=CCC(F)C(F)=C6)C6=CC7C(C=C6)C6=C(CCCC6)C7(C6=CC(C)=CCC6C)C6C=CC(C=C)CC6)C=CC54)C4C=CC(F)=C(F)C4)cc32)CC1. The zero-order chi connectivity index (χ0) is 61.0. The molecule has 7 heteroatoms. The topological polar surface area (TPSA) is 15.7 Å². The van der Waals surface area contributed by atoms with E-state index in [0.29, 0.717) is 35.8 Å². The molecule has 11 aliphatic carbocycles. The summed E-state index contributed by atoms with van der Waals surface area (Å²) >= 11 is 0. The second kappa shape index (κ2) is 22.7. The number of halogens is 4. The molecule has 3 aromatic carbocycles. The number of alkyl halides is 1. The van der Waals surface area contributed by atoms with Gasteiger partial charge in [0.2, 0.25) is 0 Å². The van der Waals surface area contributed by atoms with Gasteiger partial charge in [0.05, 0.1) is 17.5 Å². The molecule has 0 saturated heterocycles. The number of hydrogen-bond acceptors (Lipinski definition) is 3. The van der Waals surface area contributed by atoms with Gasteiger partial charge in [-0.1, -0.05) is 187 Å². The second-order valence-corrected chi connectivity index (χ2v) is 27.7. The minimum absolute atomic E-state index is 0.0335. The van der Waals surface area contributed by atoms with Gasteiger partial charge in [-0.25, -0.2) is 17.6 Å². The van der Waals surface area contributed by atoms with Crippen LogP contribution in [0.15, 0.2) is 263 Å². The van der Waals surface area contributed by atoms with Gasteiger partial charge < -0.3 is 14.5 Å². The molecule has 0 saturated carbocycles. The standard InChI is InChI=1S/C82H82F4N2O/c1-7-53-21-25-55(26-22-53)81(71-41-49(3)17-19-51(71)5)69-15-11-9-13-63(69)65-35-29-57(43-73(65)81)87(59-33-39-75(83)77(85)45-59)61-31-37-67-68-38-32-62(48-80(68)89-79(67)47-61)88(60-34-40-76(84)78(86)46-60)58-30-36-66-64-14-10-12-16-70(64)82(74(66)44-58,56-27-23-54(8-2)24-28-56)72-42-50(4)18-20-52(72)6/h7-9,11,13,15,18-19,21,23,25,27,29-39,41-44,46-47,49,52,54,56,59,62,66,68,74,76,80H,1-2,10,12,14,16-17,20,22,24,26,28,40,45,48H2,3-6H3. The zero-order valence-electron chi connectivity index (χ0n) is 52.0. The summed E-state index contributed by atoms with van der Waals surface area (Å²) < 4.78 is 69.4. The summed E-state index contributed by atoms with van der Waals surface area (Å²) in [6.45, 7) is 17.6. The third kappa shape index (κ3) is 9.30. The summed E-state index contributed by atoms with van der Waals surface area (Å²) in [5, 5.41) is 0. The van der Waals surface area contributed by atoms with Crippen LogP contribution >= 0.6 is 0 Å². The van der Waals surface area contributed by atoms with E-state index in [1.165, 1.54) is 75.1 Å². The lowest BCUT2D eigenvalue weighted by molar-refractivity contribution is 0.163. The van der Waals surface area contributed by atoms with Crippen molar-refractivity contribution in [1.82, 2.24) is 4.90 Å². The second-order valence-electron chi connectivity index (χ2n) is 27.7. The Morgan fingerprint density at radius 1 is 0.708 bits per heavy atom. The number of nitrogens with zero attached hydrogens (tertiary/aromatic N) is 2. The molecule has 0 spiro atoms. The molecule has 1 heterocycles. The lowest BCUT2D eigenvalue weighted by Crippen LogP contribution is -2.44. The summed E-state index contributed by atoms with van der Waals surface area (Å²) in [4.78, 5) is 4.47. The Morgan fingerprint density at radius 2 is 1.54 bits per heavy atom. The summed E-state index contributed by atoms with van der Waals surface area (Å²) in [6, 6.07) is 21.2. The third-order valence-electron chi connectivity index (χ3n) is 22.7. The maximum atomic E-state index is 15.9. The van der Waals surface area contributed by atoms with Gasteiger partial charge in [0.1, 0.15) is 23.5 Å². The van der Waals surface area contributed by atoms with Gasteiger partial charge in [-0.05, 0) is 172 Å². The van der Waals surface area contributed by atoms with Crippen LogP contribution in [0.1, 0.15) is 134 Å². The maximum Gasteiger partial charge on any atom is 0.155 e. The number of allylic oxidation sites excluding steroid dienone is 26. The lowest BCUT2D eigenvalue weighted by atomic mass is 9.53. The Labute approximate surface area is 524 Å². The molecule has 0 amide bonds. The number of ether oxygens (including phenoxy) is 1. The van der Waals surface area contributed by atoms with Crippen molar-refractivity contribution in [2.75, 3.05) is 4.90 Å². The fourth-order valence-corrected chi connectivity index (χ4v) is 18.6. The molecule has 15 rings (SSSR count). The molecule has 3 nitrogen and oxygen atoms in total. The van der Waals surface area contributed by atoms with Crippen molar-refractivity contribution in [3.63, 3.8) is 0 Å². The minimum atomic E-state index is -1.68. The van der Waals surface area contributed by atoms with Crippen molar-refractivity contribution in [1.29, 1.82) is 0 Å². The number of fused-ring (bicyclic) bond motifs is 8. The Balaban J connectivity index is 0.807. The molecule has 0 radical (unpaired) electrons. The summed E-state index contributed by atoms with van der Waals surface area (Å²) in [5.74, 6) is 0.102. The van der Waals surface area contributed by atoms with Crippen LogP contribution < -0.4 is 9.64 Å². The molecule has 0 N–H and O–H groups in total. The minimum Gasteiger partial charge on any atom is -0.489 e. The van der Waals surface area contributed by atoms with Crippen molar-refractivity contribution in [3.8, 4) is 16.9 Å². The molecule has 0 fully saturated rings. The fraction of sp³-hybridized carbons (Fsp3) is 0.366. The highest BCUT2D eigenvalue weighted by atomic mass is 19.2. The van der Waals surface area contributed by atoms with Gasteiger partial charge in [0.15, 0.2) is 12.0 Å². The molecule has 12 aliphatic rings. The Hall–Kier alpha value is -7.64. The largest absolute Gasteiger partial charge is 0.489 e. The fourth-order valence-electron chi connectivity index (χ4n) is 18.6. The number of hydrogen-bond donors (Lipinski definition) is 0. The van der Waals surface area contributed by atoms with E-state index >= 15 is 17.6 Å². The van der Waals surface area contributed by atoms with E-state index < -0.39 is 35.1 Å². The first kappa shape index (κ1) is 57.8. The Kier molecular flexibility index (Phi) is 14.7. The Bertz CT molecular complexity index is 4000. The van der Waals surface area contributed by atoms with Crippen molar-refractivity contribution in [2.24, 2.45) is 40.9 Å². The van der Waals surface area contributed by atoms with E-state index in [1.807, 2.05) is 12.2 Å². The third-order valence-corrected chi connectivity index (χ3v) is 22.7. The Morgan fingerprint density at radius 3 is 2.34 bits per heavy atom. The van der Waals surface area contributed by atoms with Crippen LogP contribution in [0.2, 0.25) is 0 Å². The first-order valence-corrected chi connectivity index (χ1v) is 33.3. The first-order valence-electron chi connectivity index (χ1n) is 33.3. The first-order chi connectivity index (χ1) is 43.3. The van der Waals surface area contributed by atoms with E-state index in [0.717, 1.165) is 79.8 Å². The van der Waals surface area contributed by atoms with Crippen molar-refractivity contribution in [2.45, 2.75) is 147 Å². The van der Waals surface area contributed by atoms with E-state index in [-0.39, 0.29) is 48.2 Å². The van der Waals surface area contributed by atoms with Crippen LogP contribution in [0.25, 0.3) is 11.1 Å². The monoisotopic (exact) mass is 1190 g/mol. The zero-order valence-corrected chi connectivity index (χ0v) is 52.0. The van der Waals surface area contributed by atoms with Gasteiger partial charge in [0.25, 0.3) is 0 Å². The van der Waals surface area contributed by atoms with Crippen LogP contribution in [0.4, 0.5) is 28.9 Å². The molecule has 1 aliphatic heterocycles. The number of benzene rings is 3. The van der Waals surface area contributed by atoms with Crippen molar-refractivity contribution < 1.29 is 22.3 Å². The van der Waals surface area contributed by atoms with Crippen LogP contribution in [0, 0.1) is 40.9 Å². The van der Waals surface area contributed by atoms with Gasteiger partial charge >= 0.3 is 0 Å². The molecular formula is C82H82F4N2O. The predicted octanol–water partition coefficient (Wildman–Crippen LogP) is 21.5. The molecule has 0 aromatic heterocycles. The van der Waals surface area contributed by atoms with Crippen LogP contribution in [0.5, 0.6) is 5.75 Å². The molecule has 13 unspecified atom stereocenters. The highest BCUT2D eigenvalue weighted by Crippen LogP contribution is 2.68. The molecule has 13 atom stereocenters. The van der Waals surface area contributed by atoms with Crippen molar-refractivity contribution in [3.05, 3.63) is 279 Å². The van der Waals surface area contributed by atoms with Gasteiger partial charge in [0, 0.05) is 76.8 Å². The molecule has 3 aromatic rings. The van der Waals surface area contributed by atoms with Gasteiger partial charge in [-0.3, -0.25) is 0 Å². The number of rotatable bonds is 12. The summed E-state index contributed by atoms with van der Waals surface area (Å²) in [6.07, 6.45) is 50.7. The van der Waals surface area contributed by atoms with E-state index in [4.69, 9.17) is 4.74 Å². The summed E-state index contributed by atoms with van der Waals surface area (Å²) in [7, 11) is 0. The smallest absolute Gasteiger partial charge is 0.155 e. The summed E-state index contributed by atoms with van der Waals surface area (Å²) in [5.41, 5.74) is 19.7. The average molecular weight is 1190 g/mol. The van der Waals surface area contributed by atoms with E-state index in [1.54, 1.807) is 22.8 Å². The lowest BCUT2D eigenvalue weighted by Gasteiger charge is -2.51. The normalized spacial score (nSPS) is 33.1. The van der Waals surface area contributed by atoms with Gasteiger partial charge in [-0.15, -0.1) is 6.58 Å². The highest BCUT2D eigenvalue weighted by molar-refractivity contribution is 5.89. The molecule has 454 valence electrons. The van der Waals surface area contributed by atoms with E-state index in [2.05, 4.69) is 196 Å². The van der Waals surface area contributed by atoms with E-state index in [9.17, 15) is 0 Å². The molecular weight excluding hydrogens is 1100 g/mol. The predicted molar refractivity (Wildman–Crippen MR) is 356 cm³/mol. The highest BCUT2D eigenvalue weighted by Gasteiger charge is 2.59. The van der Waals surface area contributed by atoms with Crippen LogP contribution in [-0.4, -0.2) is 29.3 Å². The molecule has 89 heavy (non-hydrogen) atoms. The van der Waals surface area contributed by atoms with Crippen LogP contribution in [0.3, 0.4) is 0 Å². The van der Waals surface area contributed by atoms with Gasteiger partial charge in [-0.2, -0.15) is 0 Å².